The van der Waals surface area contributed by atoms with Gasteiger partial charge in [0.05, 0.1) is 6.54 Å². The van der Waals surface area contributed by atoms with Gasteiger partial charge in [0.1, 0.15) is 0 Å². The molecule has 0 aliphatic carbocycles. The number of carbonyl (C=O) groups is 1. The Morgan fingerprint density at radius 1 is 1.10 bits per heavy atom. The fraction of sp³-hybridized carbons (Fsp3) is 0.522. The molecule has 1 saturated heterocycles. The van der Waals surface area contributed by atoms with Gasteiger partial charge in [-0.05, 0) is 61.0 Å². The van der Waals surface area contributed by atoms with E-state index in [1.165, 1.54) is 21.7 Å². The predicted molar refractivity (Wildman–Crippen MR) is 121 cm³/mol. The number of anilines is 1. The maximum absolute atomic E-state index is 12.3. The number of piperazine rings is 1. The molecule has 1 N–H and O–H groups in total. The van der Waals surface area contributed by atoms with E-state index in [1.54, 1.807) is 0 Å². The number of nitrogens with zero attached hydrogens (tertiary/aromatic N) is 3. The largest absolute Gasteiger partial charge is 0.369 e. The normalized spacial score (nSPS) is 17.9. The minimum Gasteiger partial charge on any atom is -0.369 e. The Morgan fingerprint density at radius 3 is 2.79 bits per heavy atom. The van der Waals surface area contributed by atoms with E-state index >= 15 is 0 Å². The molecule has 6 heteroatoms. The average molecular weight is 413 g/mol. The molecule has 5 nitrogen and oxygen atoms in total. The van der Waals surface area contributed by atoms with Gasteiger partial charge in [0.2, 0.25) is 5.91 Å². The van der Waals surface area contributed by atoms with Gasteiger partial charge in [-0.25, -0.2) is 0 Å². The number of hydrogen-bond donors (Lipinski definition) is 1. The van der Waals surface area contributed by atoms with Crippen molar-refractivity contribution in [1.29, 1.82) is 0 Å². The second-order valence-electron chi connectivity index (χ2n) is 8.20. The first kappa shape index (κ1) is 20.4. The summed E-state index contributed by atoms with van der Waals surface area (Å²) in [6.45, 7) is 10.8. The Bertz CT molecular complexity index is 813. The summed E-state index contributed by atoms with van der Waals surface area (Å²) in [5.41, 5.74) is 4.06. The standard InChI is InChI=1S/C23H32N4OS/c1-19-4-2-5-21(16-19)27-13-11-25(12-14-27)9-3-8-24-23(28)18-26-10-6-22-20(17-26)7-15-29-22/h2,4-5,7,15-16H,3,6,8-14,17-18H2,1H3,(H,24,28). The van der Waals surface area contributed by atoms with Crippen LogP contribution < -0.4 is 10.2 Å². The first-order valence-electron chi connectivity index (χ1n) is 10.8. The molecule has 29 heavy (non-hydrogen) atoms. The summed E-state index contributed by atoms with van der Waals surface area (Å²) in [5, 5.41) is 5.27. The molecule has 3 heterocycles. The highest BCUT2D eigenvalue weighted by Crippen LogP contribution is 2.23. The first-order chi connectivity index (χ1) is 14.2. The topological polar surface area (TPSA) is 38.8 Å². The lowest BCUT2D eigenvalue weighted by molar-refractivity contribution is -0.122. The van der Waals surface area contributed by atoms with E-state index in [2.05, 4.69) is 62.7 Å². The molecule has 0 radical (unpaired) electrons. The Balaban J connectivity index is 1.10. The van der Waals surface area contributed by atoms with Crippen LogP contribution in [0, 0.1) is 6.92 Å². The van der Waals surface area contributed by atoms with E-state index < -0.39 is 0 Å². The van der Waals surface area contributed by atoms with Crippen molar-refractivity contribution in [2.75, 3.05) is 57.3 Å². The second kappa shape index (κ2) is 9.74. The molecule has 2 aliphatic heterocycles. The van der Waals surface area contributed by atoms with Gasteiger partial charge in [-0.1, -0.05) is 12.1 Å². The molecule has 156 valence electrons. The molecule has 0 atom stereocenters. The van der Waals surface area contributed by atoms with Crippen molar-refractivity contribution in [3.8, 4) is 0 Å². The van der Waals surface area contributed by atoms with Gasteiger partial charge in [-0.15, -0.1) is 11.3 Å². The summed E-state index contributed by atoms with van der Waals surface area (Å²) in [4.78, 5) is 21.0. The summed E-state index contributed by atoms with van der Waals surface area (Å²) in [6.07, 6.45) is 2.10. The van der Waals surface area contributed by atoms with Crippen LogP contribution in [0.1, 0.15) is 22.4 Å². The zero-order chi connectivity index (χ0) is 20.1. The fourth-order valence-electron chi connectivity index (χ4n) is 4.29. The number of benzene rings is 1. The smallest absolute Gasteiger partial charge is 0.234 e. The maximum atomic E-state index is 12.3. The maximum Gasteiger partial charge on any atom is 0.234 e. The van der Waals surface area contributed by atoms with Gasteiger partial charge in [0.25, 0.3) is 0 Å². The molecule has 0 saturated carbocycles. The molecule has 0 unspecified atom stereocenters. The van der Waals surface area contributed by atoms with Crippen molar-refractivity contribution in [1.82, 2.24) is 15.1 Å². The Morgan fingerprint density at radius 2 is 1.97 bits per heavy atom. The minimum absolute atomic E-state index is 0.160. The van der Waals surface area contributed by atoms with Crippen molar-refractivity contribution in [2.45, 2.75) is 26.3 Å². The van der Waals surface area contributed by atoms with E-state index in [9.17, 15) is 4.79 Å². The molecule has 0 bridgehead atoms. The fourth-order valence-corrected chi connectivity index (χ4v) is 5.18. The number of amides is 1. The van der Waals surface area contributed by atoms with Crippen molar-refractivity contribution >= 4 is 22.9 Å². The number of rotatable bonds is 7. The molecule has 0 spiro atoms. The van der Waals surface area contributed by atoms with Crippen LogP contribution in [-0.4, -0.2) is 68.1 Å². The molecular weight excluding hydrogens is 380 g/mol. The summed E-state index contributed by atoms with van der Waals surface area (Å²) in [6, 6.07) is 11.0. The molecule has 2 aliphatic rings. The van der Waals surface area contributed by atoms with Crippen LogP contribution in [0.4, 0.5) is 5.69 Å². The SMILES string of the molecule is Cc1cccc(N2CCN(CCCNC(=O)CN3CCc4sccc4C3)CC2)c1. The molecule has 1 aromatic heterocycles. The Hall–Kier alpha value is -1.89. The van der Waals surface area contributed by atoms with Crippen molar-refractivity contribution < 1.29 is 4.79 Å². The average Bonchev–Trinajstić information content (AvgIpc) is 3.19. The Kier molecular flexibility index (Phi) is 6.85. The second-order valence-corrected chi connectivity index (χ2v) is 9.20. The molecule has 1 amide bonds. The lowest BCUT2D eigenvalue weighted by Gasteiger charge is -2.36. The molecule has 2 aromatic rings. The van der Waals surface area contributed by atoms with Crippen molar-refractivity contribution in [2.24, 2.45) is 0 Å². The number of aryl methyl sites for hydroxylation is 1. The highest BCUT2D eigenvalue weighted by molar-refractivity contribution is 7.10. The third-order valence-corrected chi connectivity index (χ3v) is 6.99. The van der Waals surface area contributed by atoms with Gasteiger partial charge in [-0.2, -0.15) is 0 Å². The third kappa shape index (κ3) is 5.59. The van der Waals surface area contributed by atoms with E-state index in [4.69, 9.17) is 0 Å². The predicted octanol–water partition coefficient (Wildman–Crippen LogP) is 2.74. The van der Waals surface area contributed by atoms with E-state index in [1.807, 2.05) is 11.3 Å². The van der Waals surface area contributed by atoms with Crippen LogP contribution in [0.3, 0.4) is 0 Å². The highest BCUT2D eigenvalue weighted by atomic mass is 32.1. The number of thiophene rings is 1. The molecule has 1 aromatic carbocycles. The lowest BCUT2D eigenvalue weighted by Crippen LogP contribution is -2.47. The monoisotopic (exact) mass is 412 g/mol. The van der Waals surface area contributed by atoms with Gasteiger partial charge >= 0.3 is 0 Å². The molecule has 1 fully saturated rings. The van der Waals surface area contributed by atoms with Crippen LogP contribution in [0.15, 0.2) is 35.7 Å². The Labute approximate surface area is 178 Å². The van der Waals surface area contributed by atoms with Crippen molar-refractivity contribution in [3.05, 3.63) is 51.7 Å². The lowest BCUT2D eigenvalue weighted by atomic mass is 10.1. The number of hydrogen-bond acceptors (Lipinski definition) is 5. The zero-order valence-electron chi connectivity index (χ0n) is 17.4. The summed E-state index contributed by atoms with van der Waals surface area (Å²) < 4.78 is 0. The van der Waals surface area contributed by atoms with Crippen LogP contribution in [-0.2, 0) is 17.8 Å². The quantitative estimate of drug-likeness (QED) is 0.710. The summed E-state index contributed by atoms with van der Waals surface area (Å²) in [7, 11) is 0. The van der Waals surface area contributed by atoms with E-state index in [0.717, 1.165) is 65.2 Å². The number of fused-ring (bicyclic) bond motifs is 1. The van der Waals surface area contributed by atoms with E-state index in [-0.39, 0.29) is 5.91 Å². The summed E-state index contributed by atoms with van der Waals surface area (Å²) >= 11 is 1.84. The zero-order valence-corrected chi connectivity index (χ0v) is 18.2. The third-order valence-electron chi connectivity index (χ3n) is 5.97. The van der Waals surface area contributed by atoms with Gasteiger partial charge in [0.15, 0.2) is 0 Å². The van der Waals surface area contributed by atoms with Crippen LogP contribution in [0.25, 0.3) is 0 Å². The van der Waals surface area contributed by atoms with Gasteiger partial charge in [-0.3, -0.25) is 14.6 Å². The number of nitrogens with one attached hydrogen (secondary N) is 1. The minimum atomic E-state index is 0.160. The van der Waals surface area contributed by atoms with Gasteiger partial charge < -0.3 is 10.2 Å². The highest BCUT2D eigenvalue weighted by Gasteiger charge is 2.19. The molecular formula is C23H32N4OS. The number of carbonyl (C=O) groups excluding carboxylic acids is 1. The van der Waals surface area contributed by atoms with Crippen molar-refractivity contribution in [3.63, 3.8) is 0 Å². The van der Waals surface area contributed by atoms with Gasteiger partial charge in [0, 0.05) is 56.4 Å². The van der Waals surface area contributed by atoms with Crippen LogP contribution >= 0.6 is 11.3 Å². The first-order valence-corrected chi connectivity index (χ1v) is 11.6. The van der Waals surface area contributed by atoms with Crippen LogP contribution in [0.2, 0.25) is 0 Å². The van der Waals surface area contributed by atoms with E-state index in [0.29, 0.717) is 6.54 Å². The molecule has 4 rings (SSSR count). The summed E-state index contributed by atoms with van der Waals surface area (Å²) in [5.74, 6) is 0.160. The van der Waals surface area contributed by atoms with Crippen LogP contribution in [0.5, 0.6) is 0 Å².